The summed E-state index contributed by atoms with van der Waals surface area (Å²) >= 11 is 6.03. The molecule has 2 aromatic rings. The Morgan fingerprint density at radius 3 is 2.52 bits per heavy atom. The molecule has 154 valence electrons. The molecule has 2 N–H and O–H groups in total. The highest BCUT2D eigenvalue weighted by molar-refractivity contribution is 7.93. The molecule has 10 heteroatoms. The maximum atomic E-state index is 12.9. The summed E-state index contributed by atoms with van der Waals surface area (Å²) in [7, 11) is -4.15. The van der Waals surface area contributed by atoms with Crippen LogP contribution in [-0.2, 0) is 10.0 Å². The normalized spacial score (nSPS) is 15.3. The molecule has 0 heterocycles. The van der Waals surface area contributed by atoms with E-state index in [0.29, 0.717) is 5.92 Å². The monoisotopic (exact) mass is 436 g/mol. The summed E-state index contributed by atoms with van der Waals surface area (Å²) < 4.78 is 28.2. The van der Waals surface area contributed by atoms with Crippen molar-refractivity contribution < 1.29 is 13.3 Å². The lowest BCUT2D eigenvalue weighted by Gasteiger charge is -2.17. The molecule has 1 aliphatic carbocycles. The first kappa shape index (κ1) is 21.1. The fourth-order valence-corrected chi connectivity index (χ4v) is 4.67. The molecule has 0 saturated heterocycles. The highest BCUT2D eigenvalue weighted by Gasteiger charge is 2.23. The quantitative estimate of drug-likeness (QED) is 0.359. The van der Waals surface area contributed by atoms with Crippen molar-refractivity contribution >= 4 is 44.9 Å². The number of nitro groups is 1. The minimum absolute atomic E-state index is 0.141. The minimum atomic E-state index is -4.15. The lowest BCUT2D eigenvalue weighted by atomic mass is 9.90. The number of para-hydroxylation sites is 1. The van der Waals surface area contributed by atoms with Gasteiger partial charge in [0, 0.05) is 18.3 Å². The third kappa shape index (κ3) is 5.45. The Labute approximate surface area is 174 Å². The number of rotatable bonds is 7. The fourth-order valence-electron chi connectivity index (χ4n) is 3.18. The number of halogens is 1. The van der Waals surface area contributed by atoms with Gasteiger partial charge in [-0.15, -0.1) is 0 Å². The second-order valence-corrected chi connectivity index (χ2v) is 8.87. The van der Waals surface area contributed by atoms with Crippen molar-refractivity contribution in [2.45, 2.75) is 37.0 Å². The standard InChI is InChI=1S/C19H21ClN4O4S/c20-16-8-4-5-9-17(16)23-29(27,28)19-12-15(24(25)26)10-11-18(19)22-21-13-14-6-2-1-3-7-14/h4-5,8-14,22-23H,1-3,6-7H2/b21-13-. The van der Waals surface area contributed by atoms with Gasteiger partial charge in [-0.1, -0.05) is 43.0 Å². The van der Waals surface area contributed by atoms with E-state index < -0.39 is 14.9 Å². The van der Waals surface area contributed by atoms with Crippen LogP contribution >= 0.6 is 11.6 Å². The summed E-state index contributed by atoms with van der Waals surface area (Å²) in [6, 6.07) is 9.90. The number of hydrogen-bond acceptors (Lipinski definition) is 6. The number of nitrogens with one attached hydrogen (secondary N) is 2. The molecule has 1 fully saturated rings. The van der Waals surface area contributed by atoms with Crippen LogP contribution in [0.3, 0.4) is 0 Å². The van der Waals surface area contributed by atoms with E-state index in [1.807, 2.05) is 0 Å². The van der Waals surface area contributed by atoms with E-state index in [1.165, 1.54) is 24.6 Å². The Balaban J connectivity index is 1.89. The van der Waals surface area contributed by atoms with Crippen LogP contribution in [0.2, 0.25) is 5.02 Å². The molecule has 0 aromatic heterocycles. The Hall–Kier alpha value is -2.65. The summed E-state index contributed by atoms with van der Waals surface area (Å²) in [6.07, 6.45) is 7.38. The fraction of sp³-hybridized carbons (Fsp3) is 0.316. The second kappa shape index (κ2) is 9.23. The third-order valence-corrected chi connectivity index (χ3v) is 6.44. The van der Waals surface area contributed by atoms with Gasteiger partial charge in [-0.25, -0.2) is 8.42 Å². The Morgan fingerprint density at radius 2 is 1.83 bits per heavy atom. The van der Waals surface area contributed by atoms with E-state index in [2.05, 4.69) is 15.2 Å². The molecule has 0 bridgehead atoms. The molecule has 0 amide bonds. The maximum absolute atomic E-state index is 12.9. The molecule has 2 aromatic carbocycles. The van der Waals surface area contributed by atoms with Crippen molar-refractivity contribution in [3.8, 4) is 0 Å². The summed E-state index contributed by atoms with van der Waals surface area (Å²) in [5, 5.41) is 15.5. The first-order chi connectivity index (χ1) is 13.9. The number of nitrogens with zero attached hydrogens (tertiary/aromatic N) is 2. The summed E-state index contributed by atoms with van der Waals surface area (Å²) in [6.45, 7) is 0. The van der Waals surface area contributed by atoms with E-state index in [9.17, 15) is 18.5 Å². The van der Waals surface area contributed by atoms with Crippen molar-refractivity contribution in [3.63, 3.8) is 0 Å². The molecule has 0 unspecified atom stereocenters. The molecule has 0 spiro atoms. The molecule has 29 heavy (non-hydrogen) atoms. The summed E-state index contributed by atoms with van der Waals surface area (Å²) in [4.78, 5) is 10.2. The van der Waals surface area contributed by atoms with Crippen LogP contribution in [0.4, 0.5) is 17.1 Å². The second-order valence-electron chi connectivity index (χ2n) is 6.81. The number of hydrogen-bond donors (Lipinski definition) is 2. The zero-order valence-electron chi connectivity index (χ0n) is 15.5. The molecule has 0 radical (unpaired) electrons. The van der Waals surface area contributed by atoms with Crippen molar-refractivity contribution in [1.29, 1.82) is 0 Å². The SMILES string of the molecule is O=[N+]([O-])c1ccc(N/N=C\C2CCCCC2)c(S(=O)(=O)Nc2ccccc2Cl)c1. The van der Waals surface area contributed by atoms with Gasteiger partial charge in [-0.3, -0.25) is 20.3 Å². The van der Waals surface area contributed by atoms with Crippen LogP contribution in [0.5, 0.6) is 0 Å². The van der Waals surface area contributed by atoms with E-state index >= 15 is 0 Å². The predicted octanol–water partition coefficient (Wildman–Crippen LogP) is 5.03. The van der Waals surface area contributed by atoms with Gasteiger partial charge in [0.1, 0.15) is 4.90 Å². The van der Waals surface area contributed by atoms with Crippen molar-refractivity contribution in [3.05, 3.63) is 57.6 Å². The lowest BCUT2D eigenvalue weighted by molar-refractivity contribution is -0.385. The number of benzene rings is 2. The number of nitro benzene ring substituents is 1. The first-order valence-electron chi connectivity index (χ1n) is 9.22. The number of sulfonamides is 1. The molecule has 8 nitrogen and oxygen atoms in total. The topological polar surface area (TPSA) is 114 Å². The van der Waals surface area contributed by atoms with Gasteiger partial charge < -0.3 is 0 Å². The Bertz CT molecular complexity index is 1020. The zero-order chi connectivity index (χ0) is 20.9. The summed E-state index contributed by atoms with van der Waals surface area (Å²) in [5.41, 5.74) is 2.71. The van der Waals surface area contributed by atoms with Crippen molar-refractivity contribution in [2.75, 3.05) is 10.1 Å². The van der Waals surface area contributed by atoms with Crippen LogP contribution in [0.15, 0.2) is 52.5 Å². The minimum Gasteiger partial charge on any atom is -0.278 e. The molecule has 0 atom stereocenters. The number of hydrazone groups is 1. The van der Waals surface area contributed by atoms with Gasteiger partial charge in [-0.05, 0) is 37.0 Å². The van der Waals surface area contributed by atoms with E-state index in [0.717, 1.165) is 31.7 Å². The molecule has 1 aliphatic rings. The van der Waals surface area contributed by atoms with E-state index in [1.54, 1.807) is 24.4 Å². The van der Waals surface area contributed by atoms with Gasteiger partial charge in [0.05, 0.1) is 21.3 Å². The molecular weight excluding hydrogens is 416 g/mol. The number of anilines is 2. The van der Waals surface area contributed by atoms with Crippen LogP contribution in [0.1, 0.15) is 32.1 Å². The smallest absolute Gasteiger partial charge is 0.270 e. The Kier molecular flexibility index (Phi) is 6.71. The van der Waals surface area contributed by atoms with Crippen LogP contribution in [0.25, 0.3) is 0 Å². The molecular formula is C19H21ClN4O4S. The van der Waals surface area contributed by atoms with Gasteiger partial charge >= 0.3 is 0 Å². The van der Waals surface area contributed by atoms with Gasteiger partial charge in [0.2, 0.25) is 0 Å². The molecule has 3 rings (SSSR count). The average molecular weight is 437 g/mol. The van der Waals surface area contributed by atoms with E-state index in [-0.39, 0.29) is 27.0 Å². The van der Waals surface area contributed by atoms with Crippen LogP contribution in [-0.4, -0.2) is 19.6 Å². The highest BCUT2D eigenvalue weighted by atomic mass is 35.5. The first-order valence-corrected chi connectivity index (χ1v) is 11.1. The lowest BCUT2D eigenvalue weighted by Crippen LogP contribution is -2.15. The summed E-state index contributed by atoms with van der Waals surface area (Å²) in [5.74, 6) is 0.343. The average Bonchev–Trinajstić information content (AvgIpc) is 2.70. The van der Waals surface area contributed by atoms with E-state index in [4.69, 9.17) is 11.6 Å². The predicted molar refractivity (Wildman–Crippen MR) is 114 cm³/mol. The van der Waals surface area contributed by atoms with Gasteiger partial charge in [0.25, 0.3) is 15.7 Å². The third-order valence-electron chi connectivity index (χ3n) is 4.70. The van der Waals surface area contributed by atoms with Crippen LogP contribution < -0.4 is 10.1 Å². The van der Waals surface area contributed by atoms with Crippen molar-refractivity contribution in [2.24, 2.45) is 11.0 Å². The largest absolute Gasteiger partial charge is 0.278 e. The highest BCUT2D eigenvalue weighted by Crippen LogP contribution is 2.30. The number of non-ortho nitro benzene ring substituents is 1. The zero-order valence-corrected chi connectivity index (χ0v) is 17.1. The van der Waals surface area contributed by atoms with Crippen molar-refractivity contribution in [1.82, 2.24) is 0 Å². The van der Waals surface area contributed by atoms with Gasteiger partial charge in [0.15, 0.2) is 0 Å². The van der Waals surface area contributed by atoms with Crippen LogP contribution in [0, 0.1) is 16.0 Å². The molecule has 1 saturated carbocycles. The molecule has 0 aliphatic heterocycles. The van der Waals surface area contributed by atoms with Gasteiger partial charge in [-0.2, -0.15) is 5.10 Å². The maximum Gasteiger partial charge on any atom is 0.270 e. The Morgan fingerprint density at radius 1 is 1.10 bits per heavy atom.